The molecule has 0 radical (unpaired) electrons. The summed E-state index contributed by atoms with van der Waals surface area (Å²) in [5.74, 6) is -6.26. The Hall–Kier alpha value is -7.38. The molecule has 0 bridgehead atoms. The summed E-state index contributed by atoms with van der Waals surface area (Å²) in [6, 6.07) is 18.5. The van der Waals surface area contributed by atoms with Crippen LogP contribution in [0.4, 0.5) is 64.1 Å². The number of hydrogen-bond acceptors (Lipinski definition) is 9. The number of rotatable bonds is 14. The molecule has 2 heterocycles. The van der Waals surface area contributed by atoms with Crippen LogP contribution < -0.4 is 28.7 Å². The molecule has 6 aromatic carbocycles. The number of benzene rings is 6. The van der Waals surface area contributed by atoms with E-state index in [1.807, 2.05) is 0 Å². The molecule has 2 aliphatic rings. The number of amides is 2. The first-order chi connectivity index (χ1) is 34.9. The van der Waals surface area contributed by atoms with Gasteiger partial charge in [0.1, 0.15) is 23.0 Å². The van der Waals surface area contributed by atoms with Gasteiger partial charge in [0.2, 0.25) is 0 Å². The highest BCUT2D eigenvalue weighted by Crippen LogP contribution is 2.52. The van der Waals surface area contributed by atoms with Gasteiger partial charge in [-0.3, -0.25) is 24.1 Å². The summed E-state index contributed by atoms with van der Waals surface area (Å²) in [7, 11) is 0. The van der Waals surface area contributed by atoms with Crippen LogP contribution in [0.1, 0.15) is 49.2 Å². The number of alkyl halides is 12. The van der Waals surface area contributed by atoms with Crippen molar-refractivity contribution in [3.05, 3.63) is 128 Å². The lowest BCUT2D eigenvalue weighted by Crippen LogP contribution is -2.28. The molecule has 398 valence electrons. The summed E-state index contributed by atoms with van der Waals surface area (Å²) in [6.07, 6.45) is -22.0. The van der Waals surface area contributed by atoms with Crippen LogP contribution in [0.3, 0.4) is 0 Å². The van der Waals surface area contributed by atoms with Gasteiger partial charge in [-0.05, 0) is 35.4 Å². The maximum atomic E-state index is 13.5. The standard InChI is InChI=1S/C24H16ClF6NO6.C24H16ClF6NO5/c25-14-7-11(8-16(33)34)5-6-15(14)32-21(35)17-18(22(32)36)20(38-10-24(29,30)31)13-4-2-1-3-12(13)19(17)37-9-23(26,27)28;25-16-7-12(8-18(33)34)5-6-17(16)32-9-15-19(22(32)35)21(37-11-24(29,30)31)14-4-2-1-3-13(14)20(15)36-10-23(26,27)28/h1-7,21,35H,8-10H2,(H,33,34);1-7H,8-11H2,(H,33,34). The molecular formula is C48H32Cl2F12N2O11. The van der Waals surface area contributed by atoms with Crippen molar-refractivity contribution in [2.24, 2.45) is 0 Å². The molecule has 1 unspecified atom stereocenters. The van der Waals surface area contributed by atoms with Gasteiger partial charge in [-0.2, -0.15) is 52.7 Å². The zero-order valence-electron chi connectivity index (χ0n) is 37.4. The van der Waals surface area contributed by atoms with Crippen LogP contribution in [-0.4, -0.2) is 90.2 Å². The van der Waals surface area contributed by atoms with Gasteiger partial charge in [-0.1, -0.05) is 83.9 Å². The number of aliphatic hydroxyl groups is 1. The lowest BCUT2D eigenvalue weighted by atomic mass is 9.98. The van der Waals surface area contributed by atoms with Gasteiger partial charge >= 0.3 is 36.6 Å². The fourth-order valence-corrected chi connectivity index (χ4v) is 8.74. The van der Waals surface area contributed by atoms with Crippen LogP contribution >= 0.6 is 23.2 Å². The number of fused-ring (bicyclic) bond motifs is 4. The summed E-state index contributed by atoms with van der Waals surface area (Å²) in [4.78, 5) is 50.7. The van der Waals surface area contributed by atoms with E-state index in [0.29, 0.717) is 10.5 Å². The molecule has 0 aliphatic carbocycles. The van der Waals surface area contributed by atoms with E-state index in [4.69, 9.17) is 52.4 Å². The number of ether oxygens (including phenoxy) is 4. The van der Waals surface area contributed by atoms with E-state index in [9.17, 15) is 77.0 Å². The van der Waals surface area contributed by atoms with Crippen molar-refractivity contribution in [2.75, 3.05) is 36.2 Å². The van der Waals surface area contributed by atoms with Gasteiger partial charge in [0.05, 0.1) is 57.5 Å². The zero-order chi connectivity index (χ0) is 55.1. The average molecular weight is 1110 g/mol. The number of hydrogen-bond donors (Lipinski definition) is 3. The molecule has 2 amide bonds. The zero-order valence-corrected chi connectivity index (χ0v) is 38.9. The number of halogens is 14. The van der Waals surface area contributed by atoms with Crippen molar-refractivity contribution in [2.45, 2.75) is 50.3 Å². The largest absolute Gasteiger partial charge is 0.483 e. The Labute approximate surface area is 422 Å². The Morgan fingerprint density at radius 3 is 1.32 bits per heavy atom. The lowest BCUT2D eigenvalue weighted by Gasteiger charge is -2.23. The SMILES string of the molecule is O=C(O)Cc1ccc(N2C(=O)c3c(c(OCC(F)(F)F)c4ccccc4c3OCC(F)(F)F)C2O)c(Cl)c1.O=C(O)Cc1ccc(N2Cc3c(c(OCC(F)(F)F)c4ccccc4c3OCC(F)(F)F)C2=O)c(Cl)c1. The third-order valence-corrected chi connectivity index (χ3v) is 11.5. The molecule has 0 aromatic heterocycles. The minimum absolute atomic E-state index is 0.0280. The average Bonchev–Trinajstić information content (AvgIpc) is 3.76. The van der Waals surface area contributed by atoms with E-state index in [1.54, 1.807) is 0 Å². The Bertz CT molecular complexity index is 3240. The van der Waals surface area contributed by atoms with Gasteiger partial charge in [0, 0.05) is 27.1 Å². The van der Waals surface area contributed by atoms with Gasteiger partial charge in [0.15, 0.2) is 32.7 Å². The minimum Gasteiger partial charge on any atom is -0.483 e. The van der Waals surface area contributed by atoms with Crippen LogP contribution in [0.2, 0.25) is 10.0 Å². The summed E-state index contributed by atoms with van der Waals surface area (Å²) in [5, 5.41) is 28.5. The Morgan fingerprint density at radius 2 is 0.907 bits per heavy atom. The predicted molar refractivity (Wildman–Crippen MR) is 242 cm³/mol. The van der Waals surface area contributed by atoms with E-state index in [2.05, 4.69) is 0 Å². The first-order valence-corrected chi connectivity index (χ1v) is 22.0. The molecule has 1 atom stereocenters. The molecule has 0 saturated heterocycles. The van der Waals surface area contributed by atoms with Crippen LogP contribution in [0.15, 0.2) is 84.9 Å². The Kier molecular flexibility index (Phi) is 15.6. The van der Waals surface area contributed by atoms with Gasteiger partial charge in [-0.25, -0.2) is 0 Å². The summed E-state index contributed by atoms with van der Waals surface area (Å²) in [5.41, 5.74) is -1.21. The molecule has 8 rings (SSSR count). The second-order valence-electron chi connectivity index (χ2n) is 16.3. The van der Waals surface area contributed by atoms with Crippen LogP contribution in [0, 0.1) is 0 Å². The van der Waals surface area contributed by atoms with E-state index in [0.717, 1.165) is 4.90 Å². The smallest absolute Gasteiger partial charge is 0.422 e. The number of anilines is 2. The molecule has 75 heavy (non-hydrogen) atoms. The lowest BCUT2D eigenvalue weighted by molar-refractivity contribution is -0.154. The molecule has 27 heteroatoms. The van der Waals surface area contributed by atoms with Crippen LogP contribution in [-0.2, 0) is 29.0 Å². The minimum atomic E-state index is -4.83. The maximum Gasteiger partial charge on any atom is 0.422 e. The van der Waals surface area contributed by atoms with Crippen molar-refractivity contribution < 1.29 is 106 Å². The fraction of sp³-hybridized carbons (Fsp3) is 0.250. The molecule has 6 aromatic rings. The van der Waals surface area contributed by atoms with Crippen molar-refractivity contribution in [1.29, 1.82) is 0 Å². The molecule has 0 spiro atoms. The number of nitrogens with zero attached hydrogens (tertiary/aromatic N) is 2. The van der Waals surface area contributed by atoms with Crippen molar-refractivity contribution >= 4 is 79.9 Å². The first-order valence-electron chi connectivity index (χ1n) is 21.2. The number of carbonyl (C=O) groups excluding carboxylic acids is 2. The predicted octanol–water partition coefficient (Wildman–Crippen LogP) is 11.8. The Balaban J connectivity index is 0.000000219. The summed E-state index contributed by atoms with van der Waals surface area (Å²) >= 11 is 12.5. The van der Waals surface area contributed by atoms with E-state index in [1.165, 1.54) is 84.9 Å². The van der Waals surface area contributed by atoms with Crippen molar-refractivity contribution in [3.8, 4) is 23.0 Å². The van der Waals surface area contributed by atoms with Crippen LogP contribution in [0.5, 0.6) is 23.0 Å². The van der Waals surface area contributed by atoms with Crippen molar-refractivity contribution in [1.82, 2.24) is 0 Å². The molecule has 2 aliphatic heterocycles. The van der Waals surface area contributed by atoms with Gasteiger partial charge < -0.3 is 39.2 Å². The summed E-state index contributed by atoms with van der Waals surface area (Å²) in [6.45, 7) is -7.49. The number of carbonyl (C=O) groups is 4. The Morgan fingerprint density at radius 1 is 0.533 bits per heavy atom. The topological polar surface area (TPSA) is 172 Å². The third-order valence-electron chi connectivity index (χ3n) is 10.9. The highest BCUT2D eigenvalue weighted by atomic mass is 35.5. The maximum absolute atomic E-state index is 13.5. The molecule has 0 saturated carbocycles. The van der Waals surface area contributed by atoms with E-state index >= 15 is 0 Å². The molecule has 13 nitrogen and oxygen atoms in total. The van der Waals surface area contributed by atoms with E-state index in [-0.39, 0.29) is 78.4 Å². The number of aliphatic hydroxyl groups excluding tert-OH is 1. The monoisotopic (exact) mass is 1110 g/mol. The highest BCUT2D eigenvalue weighted by molar-refractivity contribution is 6.35. The van der Waals surface area contributed by atoms with Crippen molar-refractivity contribution in [3.63, 3.8) is 0 Å². The number of carboxylic acid groups (broad SMARTS) is 2. The number of aliphatic carboxylic acids is 2. The summed E-state index contributed by atoms with van der Waals surface area (Å²) < 4.78 is 176. The third kappa shape index (κ3) is 12.6. The van der Waals surface area contributed by atoms with Gasteiger partial charge in [0.25, 0.3) is 11.8 Å². The van der Waals surface area contributed by atoms with Gasteiger partial charge in [-0.15, -0.1) is 0 Å². The quantitative estimate of drug-likeness (QED) is 0.0886. The molecule has 0 fully saturated rings. The number of carboxylic acids is 2. The second-order valence-corrected chi connectivity index (χ2v) is 17.1. The van der Waals surface area contributed by atoms with Crippen LogP contribution in [0.25, 0.3) is 21.5 Å². The second kappa shape index (κ2) is 21.1. The first kappa shape index (κ1) is 55.4. The highest BCUT2D eigenvalue weighted by Gasteiger charge is 2.46. The molecule has 3 N–H and O–H groups in total. The fourth-order valence-electron chi connectivity index (χ4n) is 8.14. The normalized spacial score (nSPS) is 14.7. The molecular weight excluding hydrogens is 1080 g/mol. The van der Waals surface area contributed by atoms with E-state index < -0.39 is 116 Å².